The second kappa shape index (κ2) is 5.31. The number of nitrogens with zero attached hydrogens (tertiary/aromatic N) is 2. The van der Waals surface area contributed by atoms with Crippen LogP contribution in [0.25, 0.3) is 0 Å². The Morgan fingerprint density at radius 2 is 2.53 bits per heavy atom. The van der Waals surface area contributed by atoms with Gasteiger partial charge >= 0.3 is 0 Å². The molecule has 0 aliphatic carbocycles. The average Bonchev–Trinajstić information content (AvgIpc) is 2.68. The molecule has 3 nitrogen and oxygen atoms in total. The summed E-state index contributed by atoms with van der Waals surface area (Å²) >= 11 is 0. The summed E-state index contributed by atoms with van der Waals surface area (Å²) in [5.41, 5.74) is 0. The van der Waals surface area contributed by atoms with Gasteiger partial charge in [-0.15, -0.1) is 0 Å². The quantitative estimate of drug-likeness (QED) is 0.816. The van der Waals surface area contributed by atoms with Crippen molar-refractivity contribution in [2.75, 3.05) is 13.1 Å². The van der Waals surface area contributed by atoms with Crippen LogP contribution >= 0.6 is 0 Å². The van der Waals surface area contributed by atoms with E-state index in [4.69, 9.17) is 0 Å². The lowest BCUT2D eigenvalue weighted by Crippen LogP contribution is -2.32. The van der Waals surface area contributed by atoms with Crippen LogP contribution in [0, 0.1) is 5.92 Å². The van der Waals surface area contributed by atoms with Crippen LogP contribution in [0.1, 0.15) is 32.0 Å². The Balaban J connectivity index is 1.93. The van der Waals surface area contributed by atoms with Crippen molar-refractivity contribution in [2.24, 2.45) is 5.92 Å². The molecule has 3 heteroatoms. The first-order chi connectivity index (χ1) is 7.40. The van der Waals surface area contributed by atoms with E-state index in [0.29, 0.717) is 0 Å². The Kier molecular flexibility index (Phi) is 3.78. The van der Waals surface area contributed by atoms with Crippen molar-refractivity contribution in [3.63, 3.8) is 0 Å². The molecule has 1 aliphatic heterocycles. The molecule has 1 unspecified atom stereocenters. The van der Waals surface area contributed by atoms with Crippen molar-refractivity contribution < 1.29 is 0 Å². The van der Waals surface area contributed by atoms with E-state index in [1.54, 1.807) is 0 Å². The highest BCUT2D eigenvalue weighted by Crippen LogP contribution is 2.14. The van der Waals surface area contributed by atoms with Gasteiger partial charge in [-0.05, 0) is 38.3 Å². The zero-order chi connectivity index (χ0) is 10.5. The van der Waals surface area contributed by atoms with Crippen molar-refractivity contribution in [1.29, 1.82) is 0 Å². The molecule has 2 heterocycles. The number of imidazole rings is 1. The van der Waals surface area contributed by atoms with Gasteiger partial charge in [0.05, 0.1) is 0 Å². The summed E-state index contributed by atoms with van der Waals surface area (Å²) in [6.45, 7) is 5.72. The van der Waals surface area contributed by atoms with Gasteiger partial charge in [0.1, 0.15) is 5.82 Å². The van der Waals surface area contributed by atoms with E-state index in [2.05, 4.69) is 28.0 Å². The topological polar surface area (TPSA) is 29.9 Å². The molecule has 0 bridgehead atoms. The number of nitrogens with one attached hydrogen (secondary N) is 1. The molecule has 1 saturated heterocycles. The summed E-state index contributed by atoms with van der Waals surface area (Å²) in [4.78, 5) is 4.41. The third kappa shape index (κ3) is 2.81. The smallest absolute Gasteiger partial charge is 0.108 e. The lowest BCUT2D eigenvalue weighted by atomic mass is 9.99. The molecule has 1 fully saturated rings. The second-order valence-corrected chi connectivity index (χ2v) is 4.46. The first kappa shape index (κ1) is 10.7. The van der Waals surface area contributed by atoms with Crippen LogP contribution in [0.3, 0.4) is 0 Å². The molecule has 1 aromatic heterocycles. The molecule has 0 radical (unpaired) electrons. The molecule has 0 amide bonds. The largest absolute Gasteiger partial charge is 0.335 e. The summed E-state index contributed by atoms with van der Waals surface area (Å²) in [7, 11) is 0. The Bertz CT molecular complexity index is 287. The van der Waals surface area contributed by atoms with Crippen LogP contribution in [-0.4, -0.2) is 22.6 Å². The highest BCUT2D eigenvalue weighted by atomic mass is 15.1. The second-order valence-electron chi connectivity index (χ2n) is 4.46. The summed E-state index contributed by atoms with van der Waals surface area (Å²) < 4.78 is 2.33. The van der Waals surface area contributed by atoms with Crippen molar-refractivity contribution >= 4 is 0 Å². The number of hydrogen-bond donors (Lipinski definition) is 1. The van der Waals surface area contributed by atoms with Crippen LogP contribution in [0.15, 0.2) is 12.4 Å². The van der Waals surface area contributed by atoms with Gasteiger partial charge in [-0.2, -0.15) is 0 Å². The van der Waals surface area contributed by atoms with E-state index in [1.165, 1.54) is 38.2 Å². The number of aromatic nitrogens is 2. The maximum atomic E-state index is 4.41. The van der Waals surface area contributed by atoms with E-state index < -0.39 is 0 Å². The molecule has 0 aromatic carbocycles. The molecular formula is C12H21N3. The van der Waals surface area contributed by atoms with Crippen molar-refractivity contribution in [1.82, 2.24) is 14.9 Å². The van der Waals surface area contributed by atoms with Crippen LogP contribution in [0.2, 0.25) is 0 Å². The average molecular weight is 207 g/mol. The minimum absolute atomic E-state index is 0.795. The van der Waals surface area contributed by atoms with E-state index in [0.717, 1.165) is 18.9 Å². The minimum atomic E-state index is 0.795. The highest BCUT2D eigenvalue weighted by Gasteiger charge is 2.14. The van der Waals surface area contributed by atoms with Gasteiger partial charge in [0, 0.05) is 25.4 Å². The maximum Gasteiger partial charge on any atom is 0.108 e. The standard InChI is InChI=1S/C12H21N3/c1-2-4-12-14-7-8-15(12)10-11-5-3-6-13-9-11/h7-8,11,13H,2-6,9-10H2,1H3. The van der Waals surface area contributed by atoms with Gasteiger partial charge in [0.15, 0.2) is 0 Å². The van der Waals surface area contributed by atoms with Gasteiger partial charge in [0.2, 0.25) is 0 Å². The number of hydrogen-bond acceptors (Lipinski definition) is 2. The SMILES string of the molecule is CCCc1nccn1CC1CCCNC1. The van der Waals surface area contributed by atoms with Gasteiger partial charge in [-0.1, -0.05) is 6.92 Å². The monoisotopic (exact) mass is 207 g/mol. The normalized spacial score (nSPS) is 21.8. The maximum absolute atomic E-state index is 4.41. The van der Waals surface area contributed by atoms with Gasteiger partial charge < -0.3 is 9.88 Å². The van der Waals surface area contributed by atoms with Gasteiger partial charge in [0.25, 0.3) is 0 Å². The van der Waals surface area contributed by atoms with Crippen LogP contribution in [-0.2, 0) is 13.0 Å². The highest BCUT2D eigenvalue weighted by molar-refractivity contribution is 4.93. The fraction of sp³-hybridized carbons (Fsp3) is 0.750. The predicted molar refractivity (Wildman–Crippen MR) is 61.8 cm³/mol. The number of rotatable bonds is 4. The summed E-state index contributed by atoms with van der Waals surface area (Å²) in [6.07, 6.45) is 9.02. The van der Waals surface area contributed by atoms with Gasteiger partial charge in [-0.3, -0.25) is 0 Å². The summed E-state index contributed by atoms with van der Waals surface area (Å²) in [6, 6.07) is 0. The Morgan fingerprint density at radius 1 is 1.60 bits per heavy atom. The molecule has 84 valence electrons. The number of piperidine rings is 1. The van der Waals surface area contributed by atoms with Crippen LogP contribution in [0.5, 0.6) is 0 Å². The third-order valence-corrected chi connectivity index (χ3v) is 3.13. The number of aryl methyl sites for hydroxylation is 1. The molecule has 1 aromatic rings. The lowest BCUT2D eigenvalue weighted by Gasteiger charge is -2.23. The molecule has 2 rings (SSSR count). The van der Waals surface area contributed by atoms with E-state index >= 15 is 0 Å². The molecule has 0 spiro atoms. The minimum Gasteiger partial charge on any atom is -0.335 e. The Labute approximate surface area is 91.9 Å². The molecule has 1 atom stereocenters. The molecule has 1 aliphatic rings. The summed E-state index contributed by atoms with van der Waals surface area (Å²) in [5.74, 6) is 2.05. The van der Waals surface area contributed by atoms with Crippen LogP contribution in [0.4, 0.5) is 0 Å². The van der Waals surface area contributed by atoms with E-state index in [9.17, 15) is 0 Å². The fourth-order valence-electron chi connectivity index (χ4n) is 2.32. The molecule has 0 saturated carbocycles. The van der Waals surface area contributed by atoms with Crippen molar-refractivity contribution in [2.45, 2.75) is 39.2 Å². The van der Waals surface area contributed by atoms with Crippen LogP contribution < -0.4 is 5.32 Å². The lowest BCUT2D eigenvalue weighted by molar-refractivity contribution is 0.333. The molecule has 1 N–H and O–H groups in total. The zero-order valence-corrected chi connectivity index (χ0v) is 9.58. The van der Waals surface area contributed by atoms with E-state index in [-0.39, 0.29) is 0 Å². The van der Waals surface area contributed by atoms with Crippen molar-refractivity contribution in [3.05, 3.63) is 18.2 Å². The Hall–Kier alpha value is -0.830. The van der Waals surface area contributed by atoms with E-state index in [1.807, 2.05) is 6.20 Å². The first-order valence-corrected chi connectivity index (χ1v) is 6.11. The van der Waals surface area contributed by atoms with Gasteiger partial charge in [-0.25, -0.2) is 4.98 Å². The third-order valence-electron chi connectivity index (χ3n) is 3.13. The fourth-order valence-corrected chi connectivity index (χ4v) is 2.32. The summed E-state index contributed by atoms with van der Waals surface area (Å²) in [5, 5.41) is 3.46. The first-order valence-electron chi connectivity index (χ1n) is 6.11. The zero-order valence-electron chi connectivity index (χ0n) is 9.58. The molecule has 15 heavy (non-hydrogen) atoms. The predicted octanol–water partition coefficient (Wildman–Crippen LogP) is 1.84. The molecular weight excluding hydrogens is 186 g/mol. The Morgan fingerprint density at radius 3 is 3.27 bits per heavy atom. The van der Waals surface area contributed by atoms with Crippen molar-refractivity contribution in [3.8, 4) is 0 Å².